The van der Waals surface area contributed by atoms with Gasteiger partial charge in [0, 0.05) is 20.3 Å². The van der Waals surface area contributed by atoms with Crippen LogP contribution in [0.15, 0.2) is 39.0 Å². The second-order valence-electron chi connectivity index (χ2n) is 4.99. The molecular formula is C14H16N6O3S. The van der Waals surface area contributed by atoms with Gasteiger partial charge in [0.25, 0.3) is 5.56 Å². The van der Waals surface area contributed by atoms with Crippen molar-refractivity contribution in [3.05, 3.63) is 45.1 Å². The largest absolute Gasteiger partial charge is 0.385 e. The van der Waals surface area contributed by atoms with Gasteiger partial charge in [-0.1, -0.05) is 29.1 Å². The second kappa shape index (κ2) is 7.41. The third-order valence-corrected chi connectivity index (χ3v) is 4.34. The van der Waals surface area contributed by atoms with Gasteiger partial charge in [0.1, 0.15) is 5.52 Å². The average Bonchev–Trinajstić information content (AvgIpc) is 2.95. The number of nitrogens with one attached hydrogen (secondary N) is 1. The van der Waals surface area contributed by atoms with E-state index < -0.39 is 0 Å². The molecule has 0 radical (unpaired) electrons. The molecule has 0 atom stereocenters. The first kappa shape index (κ1) is 16.4. The number of H-pyrrole nitrogens is 1. The minimum Gasteiger partial charge on any atom is -0.385 e. The third kappa shape index (κ3) is 3.39. The fourth-order valence-electron chi connectivity index (χ4n) is 2.20. The van der Waals surface area contributed by atoms with Crippen LogP contribution >= 0.6 is 11.8 Å². The predicted molar refractivity (Wildman–Crippen MR) is 89.0 cm³/mol. The number of aromatic nitrogens is 6. The van der Waals surface area contributed by atoms with Gasteiger partial charge in [-0.15, -0.1) is 10.2 Å². The number of methoxy groups -OCH3 is 1. The molecule has 0 saturated heterocycles. The lowest BCUT2D eigenvalue weighted by molar-refractivity contribution is 0.189. The summed E-state index contributed by atoms with van der Waals surface area (Å²) in [5.74, 6) is 0.214. The van der Waals surface area contributed by atoms with E-state index in [0.29, 0.717) is 35.6 Å². The van der Waals surface area contributed by atoms with Crippen LogP contribution in [0.4, 0.5) is 0 Å². The quantitative estimate of drug-likeness (QED) is 0.488. The van der Waals surface area contributed by atoms with Gasteiger partial charge in [-0.2, -0.15) is 4.68 Å². The van der Waals surface area contributed by atoms with Crippen molar-refractivity contribution in [3.8, 4) is 0 Å². The van der Waals surface area contributed by atoms with E-state index in [-0.39, 0.29) is 17.1 Å². The fraction of sp³-hybridized carbons (Fsp3) is 0.357. The molecule has 0 aliphatic rings. The van der Waals surface area contributed by atoms with E-state index in [1.165, 1.54) is 21.0 Å². The molecule has 1 aromatic carbocycles. The van der Waals surface area contributed by atoms with Gasteiger partial charge in [-0.25, -0.2) is 9.89 Å². The topological polar surface area (TPSA) is 108 Å². The molecule has 0 bridgehead atoms. The van der Waals surface area contributed by atoms with E-state index in [4.69, 9.17) is 4.74 Å². The van der Waals surface area contributed by atoms with E-state index in [1.54, 1.807) is 31.4 Å². The monoisotopic (exact) mass is 348 g/mol. The fourth-order valence-corrected chi connectivity index (χ4v) is 3.05. The Morgan fingerprint density at radius 1 is 1.29 bits per heavy atom. The molecular weight excluding hydrogens is 332 g/mol. The zero-order valence-electron chi connectivity index (χ0n) is 13.0. The van der Waals surface area contributed by atoms with E-state index in [9.17, 15) is 9.59 Å². The molecule has 0 aliphatic carbocycles. The molecule has 0 fully saturated rings. The maximum absolute atomic E-state index is 12.4. The van der Waals surface area contributed by atoms with Crippen molar-refractivity contribution in [1.29, 1.82) is 0 Å². The molecule has 9 nitrogen and oxygen atoms in total. The standard InChI is InChI=1S/C14H16N6O3S/c1-23-8-4-7-19-13(22)16-17-14(19)24-9-20-12(21)10-5-2-3-6-11(10)15-18-20/h2-3,5-6H,4,7-9H2,1H3,(H,16,22). The number of ether oxygens (including phenoxy) is 1. The minimum absolute atomic E-state index is 0.214. The highest BCUT2D eigenvalue weighted by Gasteiger charge is 2.11. The zero-order chi connectivity index (χ0) is 16.9. The molecule has 3 rings (SSSR count). The lowest BCUT2D eigenvalue weighted by Crippen LogP contribution is -2.24. The molecule has 0 aliphatic heterocycles. The van der Waals surface area contributed by atoms with Crippen molar-refractivity contribution >= 4 is 22.7 Å². The van der Waals surface area contributed by atoms with E-state index in [0.717, 1.165) is 0 Å². The van der Waals surface area contributed by atoms with Crippen LogP contribution in [0.25, 0.3) is 10.9 Å². The summed E-state index contributed by atoms with van der Waals surface area (Å²) in [6, 6.07) is 7.03. The zero-order valence-corrected chi connectivity index (χ0v) is 13.8. The Balaban J connectivity index is 1.78. The molecule has 24 heavy (non-hydrogen) atoms. The van der Waals surface area contributed by atoms with Crippen molar-refractivity contribution in [2.75, 3.05) is 13.7 Å². The van der Waals surface area contributed by atoms with Crippen LogP contribution < -0.4 is 11.2 Å². The lowest BCUT2D eigenvalue weighted by atomic mass is 10.2. The van der Waals surface area contributed by atoms with Crippen LogP contribution in [0.1, 0.15) is 6.42 Å². The number of fused-ring (bicyclic) bond motifs is 1. The Bertz CT molecular complexity index is 947. The highest BCUT2D eigenvalue weighted by atomic mass is 32.2. The van der Waals surface area contributed by atoms with Gasteiger partial charge in [0.15, 0.2) is 5.16 Å². The smallest absolute Gasteiger partial charge is 0.343 e. The maximum atomic E-state index is 12.4. The maximum Gasteiger partial charge on any atom is 0.343 e. The first-order chi connectivity index (χ1) is 11.7. The number of benzene rings is 1. The molecule has 0 saturated carbocycles. The summed E-state index contributed by atoms with van der Waals surface area (Å²) in [7, 11) is 1.61. The molecule has 1 N–H and O–H groups in total. The number of hydrogen-bond donors (Lipinski definition) is 1. The molecule has 3 aromatic rings. The Morgan fingerprint density at radius 3 is 2.96 bits per heavy atom. The summed E-state index contributed by atoms with van der Waals surface area (Å²) in [5.41, 5.74) is 0.0439. The number of hydrogen-bond acceptors (Lipinski definition) is 7. The summed E-state index contributed by atoms with van der Waals surface area (Å²) in [6.07, 6.45) is 0.694. The number of aromatic amines is 1. The molecule has 2 aromatic heterocycles. The average molecular weight is 348 g/mol. The summed E-state index contributed by atoms with van der Waals surface area (Å²) in [6.45, 7) is 1.04. The highest BCUT2D eigenvalue weighted by Crippen LogP contribution is 2.15. The van der Waals surface area contributed by atoms with Gasteiger partial charge in [0.2, 0.25) is 0 Å². The summed E-state index contributed by atoms with van der Waals surface area (Å²) in [4.78, 5) is 24.2. The number of nitrogens with zero attached hydrogens (tertiary/aromatic N) is 5. The first-order valence-corrected chi connectivity index (χ1v) is 8.29. The Hall–Kier alpha value is -2.46. The van der Waals surface area contributed by atoms with E-state index >= 15 is 0 Å². The van der Waals surface area contributed by atoms with E-state index in [2.05, 4.69) is 20.5 Å². The van der Waals surface area contributed by atoms with Gasteiger partial charge in [0.05, 0.1) is 11.3 Å². The molecule has 0 amide bonds. The third-order valence-electron chi connectivity index (χ3n) is 3.40. The van der Waals surface area contributed by atoms with Gasteiger partial charge >= 0.3 is 5.69 Å². The number of thioether (sulfide) groups is 1. The van der Waals surface area contributed by atoms with Crippen LogP contribution in [0.2, 0.25) is 0 Å². The van der Waals surface area contributed by atoms with Crippen molar-refractivity contribution < 1.29 is 4.74 Å². The van der Waals surface area contributed by atoms with Crippen LogP contribution in [-0.2, 0) is 17.2 Å². The predicted octanol–water partition coefficient (Wildman–Crippen LogP) is 0.463. The lowest BCUT2D eigenvalue weighted by Gasteiger charge is -2.06. The van der Waals surface area contributed by atoms with Crippen molar-refractivity contribution in [2.24, 2.45) is 0 Å². The molecule has 0 spiro atoms. The van der Waals surface area contributed by atoms with Crippen LogP contribution in [0.5, 0.6) is 0 Å². The molecule has 10 heteroatoms. The summed E-state index contributed by atoms with van der Waals surface area (Å²) in [5, 5.41) is 15.4. The Morgan fingerprint density at radius 2 is 2.12 bits per heavy atom. The normalized spacial score (nSPS) is 11.2. The molecule has 0 unspecified atom stereocenters. The number of rotatable bonds is 7. The van der Waals surface area contributed by atoms with Crippen molar-refractivity contribution in [2.45, 2.75) is 24.0 Å². The van der Waals surface area contributed by atoms with Crippen LogP contribution in [0, 0.1) is 0 Å². The van der Waals surface area contributed by atoms with E-state index in [1.807, 2.05) is 0 Å². The minimum atomic E-state index is -0.287. The Kier molecular flexibility index (Phi) is 5.06. The van der Waals surface area contributed by atoms with Crippen LogP contribution in [-0.4, -0.2) is 43.5 Å². The van der Waals surface area contributed by atoms with Gasteiger partial charge < -0.3 is 4.74 Å². The summed E-state index contributed by atoms with van der Waals surface area (Å²) < 4.78 is 7.76. The van der Waals surface area contributed by atoms with Crippen molar-refractivity contribution in [3.63, 3.8) is 0 Å². The second-order valence-corrected chi connectivity index (χ2v) is 5.91. The molecule has 2 heterocycles. The van der Waals surface area contributed by atoms with Gasteiger partial charge in [-0.3, -0.25) is 9.36 Å². The Labute approximate surface area is 140 Å². The SMILES string of the molecule is COCCCn1c(SCn2nnc3ccccc3c2=O)n[nH]c1=O. The van der Waals surface area contributed by atoms with Gasteiger partial charge in [-0.05, 0) is 18.6 Å². The first-order valence-electron chi connectivity index (χ1n) is 7.30. The van der Waals surface area contributed by atoms with Crippen molar-refractivity contribution in [1.82, 2.24) is 29.8 Å². The highest BCUT2D eigenvalue weighted by molar-refractivity contribution is 7.98. The molecule has 126 valence electrons. The summed E-state index contributed by atoms with van der Waals surface area (Å²) >= 11 is 1.24. The van der Waals surface area contributed by atoms with Crippen LogP contribution in [0.3, 0.4) is 0 Å².